The molecule has 5 aromatic rings. The van der Waals surface area contributed by atoms with Gasteiger partial charge in [-0.2, -0.15) is 0 Å². The molecule has 0 saturated heterocycles. The molecular formula is C27H18N2O3. The Morgan fingerprint density at radius 2 is 1.44 bits per heavy atom. The van der Waals surface area contributed by atoms with Gasteiger partial charge in [0.25, 0.3) is 0 Å². The van der Waals surface area contributed by atoms with Crippen molar-refractivity contribution in [1.29, 1.82) is 0 Å². The first-order valence-corrected chi connectivity index (χ1v) is 10.4. The maximum Gasteiger partial charge on any atom is 0.174 e. The predicted molar refractivity (Wildman–Crippen MR) is 122 cm³/mol. The molecule has 0 atom stereocenters. The fourth-order valence-electron chi connectivity index (χ4n) is 3.94. The van der Waals surface area contributed by atoms with Gasteiger partial charge in [0.15, 0.2) is 5.76 Å². The van der Waals surface area contributed by atoms with Crippen LogP contribution < -0.4 is 15.3 Å². The summed E-state index contributed by atoms with van der Waals surface area (Å²) in [5, 5.41) is 11.1. The minimum Gasteiger partial charge on any atom is -0.457 e. The number of rotatable bonds is 4. The van der Waals surface area contributed by atoms with Crippen LogP contribution in [0.4, 0.5) is 0 Å². The fourth-order valence-corrected chi connectivity index (χ4v) is 3.94. The van der Waals surface area contributed by atoms with Gasteiger partial charge in [-0.3, -0.25) is 0 Å². The number of aromatic nitrogens is 1. The van der Waals surface area contributed by atoms with Crippen LogP contribution in [0.25, 0.3) is 27.8 Å². The van der Waals surface area contributed by atoms with E-state index in [1.165, 1.54) is 0 Å². The van der Waals surface area contributed by atoms with E-state index in [1.54, 1.807) is 0 Å². The molecule has 0 fully saturated rings. The number of nitrogens with zero attached hydrogens (tertiary/aromatic N) is 2. The lowest BCUT2D eigenvalue weighted by Gasteiger charge is -2.13. The molecule has 0 radical (unpaired) electrons. The molecule has 1 aliphatic rings. The van der Waals surface area contributed by atoms with E-state index in [2.05, 4.69) is 22.4 Å². The smallest absolute Gasteiger partial charge is 0.174 e. The van der Waals surface area contributed by atoms with Gasteiger partial charge in [0.1, 0.15) is 29.0 Å². The Balaban J connectivity index is 1.41. The zero-order valence-corrected chi connectivity index (χ0v) is 17.1. The van der Waals surface area contributed by atoms with E-state index >= 15 is 0 Å². The van der Waals surface area contributed by atoms with Crippen LogP contribution in [-0.4, -0.2) is 11.8 Å². The van der Waals surface area contributed by atoms with Gasteiger partial charge in [-0.15, -0.1) is 0 Å². The summed E-state index contributed by atoms with van der Waals surface area (Å²) in [5.41, 5.74) is 3.96. The molecule has 0 aliphatic carbocycles. The first-order chi connectivity index (χ1) is 15.8. The van der Waals surface area contributed by atoms with Crippen molar-refractivity contribution in [3.63, 3.8) is 0 Å². The summed E-state index contributed by atoms with van der Waals surface area (Å²) >= 11 is 0. The van der Waals surface area contributed by atoms with Crippen molar-refractivity contribution >= 4 is 16.5 Å². The summed E-state index contributed by atoms with van der Waals surface area (Å²) in [6.07, 6.45) is 0. The Labute approximate surface area is 183 Å². The summed E-state index contributed by atoms with van der Waals surface area (Å²) in [6, 6.07) is 31.7. The van der Waals surface area contributed by atoms with Crippen molar-refractivity contribution in [3.8, 4) is 22.8 Å². The van der Waals surface area contributed by atoms with Crippen molar-refractivity contribution in [2.45, 2.75) is 0 Å². The van der Waals surface area contributed by atoms with Crippen molar-refractivity contribution < 1.29 is 14.1 Å². The Hall–Kier alpha value is -4.38. The predicted octanol–water partition coefficient (Wildman–Crippen LogP) is 5.05. The molecule has 154 valence electrons. The monoisotopic (exact) mass is 418 g/mol. The highest BCUT2D eigenvalue weighted by molar-refractivity contribution is 5.92. The van der Waals surface area contributed by atoms with E-state index in [0.29, 0.717) is 12.4 Å². The molecular weight excluding hydrogens is 400 g/mol. The average Bonchev–Trinajstić information content (AvgIpc) is 3.28. The molecule has 0 saturated carbocycles. The van der Waals surface area contributed by atoms with Crippen LogP contribution in [0, 0.1) is 0 Å². The molecule has 2 heterocycles. The van der Waals surface area contributed by atoms with E-state index in [9.17, 15) is 0 Å². The number of hydrogen-bond acceptors (Lipinski definition) is 5. The summed E-state index contributed by atoms with van der Waals surface area (Å²) in [6.45, 7) is 0.424. The second kappa shape index (κ2) is 7.71. The zero-order chi connectivity index (χ0) is 21.3. The molecule has 5 nitrogen and oxygen atoms in total. The molecule has 4 aromatic carbocycles. The third kappa shape index (κ3) is 3.30. The minimum atomic E-state index is 0.424. The Morgan fingerprint density at radius 3 is 2.25 bits per heavy atom. The van der Waals surface area contributed by atoms with E-state index < -0.39 is 0 Å². The molecule has 0 spiro atoms. The summed E-state index contributed by atoms with van der Waals surface area (Å²) in [4.78, 5) is 5.45. The van der Waals surface area contributed by atoms with Crippen LogP contribution in [0.3, 0.4) is 0 Å². The maximum absolute atomic E-state index is 6.23. The third-order valence-electron chi connectivity index (χ3n) is 5.51. The van der Waals surface area contributed by atoms with Gasteiger partial charge in [-0.1, -0.05) is 71.0 Å². The van der Waals surface area contributed by atoms with Crippen LogP contribution >= 0.6 is 0 Å². The SMILES string of the molecule is c1ccc(C2=c3cc(Oc4ccc5noc(-c6ccccc6)c5c4)ccc3=NOC2)cc1. The van der Waals surface area contributed by atoms with Crippen LogP contribution in [0.5, 0.6) is 11.5 Å². The Morgan fingerprint density at radius 1 is 0.719 bits per heavy atom. The summed E-state index contributed by atoms with van der Waals surface area (Å²) < 4.78 is 11.8. The molecule has 1 aromatic heterocycles. The van der Waals surface area contributed by atoms with Crippen LogP contribution in [0.15, 0.2) is 107 Å². The normalized spacial score (nSPS) is 12.7. The van der Waals surface area contributed by atoms with Gasteiger partial charge in [-0.05, 0) is 42.0 Å². The summed E-state index contributed by atoms with van der Waals surface area (Å²) in [5.74, 6) is 2.17. The number of benzene rings is 4. The number of hydrogen-bond donors (Lipinski definition) is 0. The molecule has 0 amide bonds. The van der Waals surface area contributed by atoms with Gasteiger partial charge in [0.2, 0.25) is 0 Å². The van der Waals surface area contributed by atoms with Crippen molar-refractivity contribution in [2.24, 2.45) is 5.16 Å². The van der Waals surface area contributed by atoms with E-state index in [1.807, 2.05) is 84.9 Å². The number of fused-ring (bicyclic) bond motifs is 2. The van der Waals surface area contributed by atoms with Gasteiger partial charge < -0.3 is 14.1 Å². The topological polar surface area (TPSA) is 56.9 Å². The molecule has 5 heteroatoms. The third-order valence-corrected chi connectivity index (χ3v) is 5.51. The van der Waals surface area contributed by atoms with Crippen LogP contribution in [0.1, 0.15) is 5.56 Å². The molecule has 32 heavy (non-hydrogen) atoms. The lowest BCUT2D eigenvalue weighted by atomic mass is 10.0. The highest BCUT2D eigenvalue weighted by Crippen LogP contribution is 2.32. The van der Waals surface area contributed by atoms with Crippen molar-refractivity contribution in [2.75, 3.05) is 6.61 Å². The Bertz CT molecular complexity index is 1540. The molecule has 1 aliphatic heterocycles. The maximum atomic E-state index is 6.23. The second-order valence-electron chi connectivity index (χ2n) is 7.55. The minimum absolute atomic E-state index is 0.424. The highest BCUT2D eigenvalue weighted by Gasteiger charge is 2.13. The molecule has 0 unspecified atom stereocenters. The first-order valence-electron chi connectivity index (χ1n) is 10.4. The fraction of sp³-hybridized carbons (Fsp3) is 0.0370. The van der Waals surface area contributed by atoms with E-state index in [4.69, 9.17) is 14.1 Å². The van der Waals surface area contributed by atoms with Gasteiger partial charge in [0.05, 0.1) is 5.39 Å². The standard InChI is InChI=1S/C27H18N2O3/c1-3-7-18(8-4-1)24-17-30-28-25-13-11-20(15-22(24)25)31-21-12-14-26-23(16-21)27(32-29-26)19-9-5-2-6-10-19/h1-16H,17H2. The average molecular weight is 418 g/mol. The molecule has 0 N–H and O–H groups in total. The van der Waals surface area contributed by atoms with Crippen molar-refractivity contribution in [3.05, 3.63) is 113 Å². The van der Waals surface area contributed by atoms with Crippen molar-refractivity contribution in [1.82, 2.24) is 5.16 Å². The lowest BCUT2D eigenvalue weighted by molar-refractivity contribution is 0.162. The van der Waals surface area contributed by atoms with Crippen LogP contribution in [0.2, 0.25) is 0 Å². The molecule has 0 bridgehead atoms. The Kier molecular flexibility index (Phi) is 4.43. The van der Waals surface area contributed by atoms with Gasteiger partial charge in [0, 0.05) is 16.4 Å². The van der Waals surface area contributed by atoms with E-state index in [-0.39, 0.29) is 0 Å². The first kappa shape index (κ1) is 18.4. The van der Waals surface area contributed by atoms with Gasteiger partial charge in [-0.25, -0.2) is 0 Å². The van der Waals surface area contributed by atoms with E-state index in [0.717, 1.165) is 49.7 Å². The summed E-state index contributed by atoms with van der Waals surface area (Å²) in [7, 11) is 0. The quantitative estimate of drug-likeness (QED) is 0.410. The highest BCUT2D eigenvalue weighted by atomic mass is 16.6. The molecule has 6 rings (SSSR count). The largest absolute Gasteiger partial charge is 0.457 e. The zero-order valence-electron chi connectivity index (χ0n) is 17.1. The van der Waals surface area contributed by atoms with Gasteiger partial charge >= 0.3 is 0 Å². The second-order valence-corrected chi connectivity index (χ2v) is 7.55. The lowest BCUT2D eigenvalue weighted by Crippen LogP contribution is -2.32. The number of ether oxygens (including phenoxy) is 1. The van der Waals surface area contributed by atoms with Crippen LogP contribution in [-0.2, 0) is 4.84 Å².